The lowest BCUT2D eigenvalue weighted by atomic mass is 10.1. The van der Waals surface area contributed by atoms with Gasteiger partial charge in [-0.15, -0.1) is 0 Å². The minimum atomic E-state index is -0.502. The van der Waals surface area contributed by atoms with Gasteiger partial charge in [-0.05, 0) is 67.2 Å². The molecule has 0 saturated heterocycles. The van der Waals surface area contributed by atoms with E-state index in [-0.39, 0.29) is 0 Å². The number of carbonyl (C=O) groups is 1. The third kappa shape index (κ3) is 7.63. The first-order chi connectivity index (χ1) is 17.8. The molecule has 0 aliphatic rings. The second-order valence-electron chi connectivity index (χ2n) is 9.43. The van der Waals surface area contributed by atoms with Crippen molar-refractivity contribution in [3.8, 4) is 11.3 Å². The third-order valence-electron chi connectivity index (χ3n) is 5.25. The van der Waals surface area contributed by atoms with Gasteiger partial charge in [-0.1, -0.05) is 30.3 Å². The number of amides is 1. The number of anilines is 2. The molecule has 3 heterocycles. The minimum absolute atomic E-state index is 0.401. The Labute approximate surface area is 224 Å². The Bertz CT molecular complexity index is 1320. The van der Waals surface area contributed by atoms with Gasteiger partial charge in [-0.3, -0.25) is 4.98 Å². The predicted octanol–water partition coefficient (Wildman–Crippen LogP) is 5.28. The van der Waals surface area contributed by atoms with Crippen LogP contribution in [0.2, 0.25) is 0 Å². The Morgan fingerprint density at radius 3 is 2.54 bits per heavy atom. The highest BCUT2D eigenvalue weighted by Crippen LogP contribution is 2.21. The van der Waals surface area contributed by atoms with Crippen LogP contribution in [0.3, 0.4) is 0 Å². The lowest BCUT2D eigenvalue weighted by Crippen LogP contribution is -2.33. The second kappa shape index (κ2) is 12.0. The van der Waals surface area contributed by atoms with Crippen molar-refractivity contribution in [1.82, 2.24) is 29.9 Å². The molecule has 0 bridgehead atoms. The Morgan fingerprint density at radius 2 is 1.81 bits per heavy atom. The number of carbonyl (C=O) groups excluding carboxylic acids is 1. The smallest absolute Gasteiger partial charge is 0.407 e. The van der Waals surface area contributed by atoms with Crippen molar-refractivity contribution in [2.24, 2.45) is 0 Å². The zero-order valence-electron chi connectivity index (χ0n) is 21.2. The third-order valence-corrected chi connectivity index (χ3v) is 5.80. The number of fused-ring (bicyclic) bond motifs is 1. The molecule has 37 heavy (non-hydrogen) atoms. The van der Waals surface area contributed by atoms with Gasteiger partial charge >= 0.3 is 6.09 Å². The van der Waals surface area contributed by atoms with Gasteiger partial charge in [0.25, 0.3) is 0 Å². The largest absolute Gasteiger partial charge is 0.444 e. The maximum Gasteiger partial charge on any atom is 0.407 e. The van der Waals surface area contributed by atoms with Gasteiger partial charge < -0.3 is 20.7 Å². The summed E-state index contributed by atoms with van der Waals surface area (Å²) in [5, 5.41) is 13.8. The van der Waals surface area contributed by atoms with E-state index in [2.05, 4.69) is 76.2 Å². The molecule has 3 N–H and O–H groups in total. The average molecular weight is 567 g/mol. The number of ether oxygens (including phenoxy) is 1. The summed E-state index contributed by atoms with van der Waals surface area (Å²) in [5.41, 5.74) is 3.27. The highest BCUT2D eigenvalue weighted by atomic mass is 79.9. The van der Waals surface area contributed by atoms with E-state index < -0.39 is 11.7 Å². The molecule has 1 amide bonds. The number of hydrogen-bond donors (Lipinski definition) is 3. The summed E-state index contributed by atoms with van der Waals surface area (Å²) in [4.78, 5) is 25.3. The molecule has 4 rings (SSSR count). The van der Waals surface area contributed by atoms with E-state index >= 15 is 0 Å². The fourth-order valence-corrected chi connectivity index (χ4v) is 3.86. The van der Waals surface area contributed by atoms with Crippen LogP contribution in [-0.4, -0.2) is 49.3 Å². The molecule has 0 aliphatic carbocycles. The summed E-state index contributed by atoms with van der Waals surface area (Å²) < 4.78 is 7.69. The molecule has 3 aromatic heterocycles. The SMILES string of the molecule is CC(C)(C)OC(=O)NCCCCNc1nc(NCc2ccc(-c3ccccn3)cc2)n2ncc(Br)c2n1. The Kier molecular flexibility index (Phi) is 8.54. The minimum Gasteiger partial charge on any atom is -0.444 e. The zero-order valence-corrected chi connectivity index (χ0v) is 22.7. The zero-order chi connectivity index (χ0) is 26.3. The molecule has 0 radical (unpaired) electrons. The molecule has 0 atom stereocenters. The van der Waals surface area contributed by atoms with E-state index in [1.165, 1.54) is 0 Å². The normalized spacial score (nSPS) is 11.4. The van der Waals surface area contributed by atoms with Crippen LogP contribution >= 0.6 is 15.9 Å². The molecular formula is C26H31BrN8O2. The molecule has 0 unspecified atom stereocenters. The number of nitrogens with one attached hydrogen (secondary N) is 3. The van der Waals surface area contributed by atoms with Gasteiger partial charge in [0.2, 0.25) is 11.9 Å². The van der Waals surface area contributed by atoms with Crippen LogP contribution < -0.4 is 16.0 Å². The summed E-state index contributed by atoms with van der Waals surface area (Å²) >= 11 is 3.51. The van der Waals surface area contributed by atoms with Crippen molar-refractivity contribution in [2.75, 3.05) is 23.7 Å². The number of benzene rings is 1. The van der Waals surface area contributed by atoms with Crippen LogP contribution in [0, 0.1) is 0 Å². The summed E-state index contributed by atoms with van der Waals surface area (Å²) in [5.74, 6) is 1.08. The molecule has 194 valence electrons. The van der Waals surface area contributed by atoms with E-state index in [1.54, 1.807) is 16.9 Å². The first-order valence-electron chi connectivity index (χ1n) is 12.1. The van der Waals surface area contributed by atoms with E-state index in [0.29, 0.717) is 37.2 Å². The number of pyridine rings is 1. The second-order valence-corrected chi connectivity index (χ2v) is 10.3. The van der Waals surface area contributed by atoms with Crippen molar-refractivity contribution < 1.29 is 9.53 Å². The van der Waals surface area contributed by atoms with E-state index in [9.17, 15) is 4.79 Å². The fourth-order valence-electron chi connectivity index (χ4n) is 3.51. The number of aromatic nitrogens is 5. The predicted molar refractivity (Wildman–Crippen MR) is 147 cm³/mol. The van der Waals surface area contributed by atoms with Gasteiger partial charge in [0.1, 0.15) is 5.60 Å². The number of hydrogen-bond acceptors (Lipinski definition) is 8. The van der Waals surface area contributed by atoms with Crippen LogP contribution in [0.15, 0.2) is 59.3 Å². The van der Waals surface area contributed by atoms with Gasteiger partial charge in [0.05, 0.1) is 16.4 Å². The van der Waals surface area contributed by atoms with E-state index in [1.807, 2.05) is 39.0 Å². The quantitative estimate of drug-likeness (QED) is 0.222. The maximum atomic E-state index is 11.7. The molecule has 4 aromatic rings. The first-order valence-corrected chi connectivity index (χ1v) is 12.9. The topological polar surface area (TPSA) is 118 Å². The van der Waals surface area contributed by atoms with Gasteiger partial charge in [-0.25, -0.2) is 4.79 Å². The van der Waals surface area contributed by atoms with E-state index in [0.717, 1.165) is 34.1 Å². The molecule has 0 saturated carbocycles. The monoisotopic (exact) mass is 566 g/mol. The lowest BCUT2D eigenvalue weighted by molar-refractivity contribution is 0.0527. The Balaban J connectivity index is 1.32. The molecular weight excluding hydrogens is 536 g/mol. The first kappa shape index (κ1) is 26.3. The molecule has 0 aliphatic heterocycles. The Morgan fingerprint density at radius 1 is 1.03 bits per heavy atom. The molecule has 1 aromatic carbocycles. The number of unbranched alkanes of at least 4 members (excludes halogenated alkanes) is 1. The van der Waals surface area contributed by atoms with Gasteiger partial charge in [-0.2, -0.15) is 19.6 Å². The highest BCUT2D eigenvalue weighted by Gasteiger charge is 2.15. The standard InChI is InChI=1S/C26H31BrN8O2/c1-26(2,3)37-25(36)30-15-7-6-14-29-23-33-22-20(27)17-32-35(22)24(34-23)31-16-18-9-11-19(12-10-18)21-8-4-5-13-28-21/h4-5,8-13,17H,6-7,14-16H2,1-3H3,(H,30,36)(H2,29,31,33,34). The molecule has 11 heteroatoms. The molecule has 0 fully saturated rings. The van der Waals surface area contributed by atoms with Crippen molar-refractivity contribution in [2.45, 2.75) is 45.8 Å². The van der Waals surface area contributed by atoms with Crippen LogP contribution in [0.4, 0.5) is 16.7 Å². The number of halogens is 1. The van der Waals surface area contributed by atoms with Gasteiger partial charge in [0.15, 0.2) is 5.65 Å². The number of nitrogens with zero attached hydrogens (tertiary/aromatic N) is 5. The molecule has 10 nitrogen and oxygen atoms in total. The number of rotatable bonds is 10. The van der Waals surface area contributed by atoms with Crippen molar-refractivity contribution in [1.29, 1.82) is 0 Å². The van der Waals surface area contributed by atoms with E-state index in [4.69, 9.17) is 4.74 Å². The van der Waals surface area contributed by atoms with Crippen molar-refractivity contribution in [3.63, 3.8) is 0 Å². The fraction of sp³-hybridized carbons (Fsp3) is 0.346. The summed E-state index contributed by atoms with van der Waals surface area (Å²) in [7, 11) is 0. The Hall–Kier alpha value is -3.73. The van der Waals surface area contributed by atoms with Gasteiger partial charge in [0, 0.05) is 31.4 Å². The lowest BCUT2D eigenvalue weighted by Gasteiger charge is -2.19. The summed E-state index contributed by atoms with van der Waals surface area (Å²) in [6.07, 6.45) is 4.71. The van der Waals surface area contributed by atoms with Crippen LogP contribution in [0.25, 0.3) is 16.9 Å². The van der Waals surface area contributed by atoms with Crippen molar-refractivity contribution in [3.05, 3.63) is 64.9 Å². The summed E-state index contributed by atoms with van der Waals surface area (Å²) in [6.45, 7) is 7.29. The average Bonchev–Trinajstić information content (AvgIpc) is 3.25. The van der Waals surface area contributed by atoms with Crippen molar-refractivity contribution >= 4 is 39.6 Å². The number of alkyl carbamates (subject to hydrolysis) is 1. The summed E-state index contributed by atoms with van der Waals surface area (Å²) in [6, 6.07) is 14.1. The highest BCUT2D eigenvalue weighted by molar-refractivity contribution is 9.10. The molecule has 0 spiro atoms. The van der Waals surface area contributed by atoms with Crippen LogP contribution in [0.5, 0.6) is 0 Å². The van der Waals surface area contributed by atoms with Crippen LogP contribution in [0.1, 0.15) is 39.2 Å². The maximum absolute atomic E-state index is 11.7. The van der Waals surface area contributed by atoms with Crippen LogP contribution in [-0.2, 0) is 11.3 Å².